The number of esters is 1. The molecule has 5 heteroatoms. The van der Waals surface area contributed by atoms with Gasteiger partial charge in [0.2, 0.25) is 0 Å². The second-order valence-corrected chi connectivity index (χ2v) is 6.73. The van der Waals surface area contributed by atoms with Crippen LogP contribution in [0.4, 0.5) is 0 Å². The molecule has 0 unspecified atom stereocenters. The number of morpholine rings is 1. The highest BCUT2D eigenvalue weighted by Gasteiger charge is 2.16. The fourth-order valence-electron chi connectivity index (χ4n) is 3.18. The number of carbonyl (C=O) groups excluding carboxylic acids is 1. The molecular weight excluding hydrogens is 358 g/mol. The van der Waals surface area contributed by atoms with Crippen molar-refractivity contribution >= 4 is 33.9 Å². The molecule has 0 N–H and O–H groups in total. The zero-order chi connectivity index (χ0) is 18.6. The van der Waals surface area contributed by atoms with Crippen molar-refractivity contribution in [3.8, 4) is 5.75 Å². The maximum absolute atomic E-state index is 12.6. The van der Waals surface area contributed by atoms with Crippen LogP contribution in [-0.2, 0) is 4.74 Å². The van der Waals surface area contributed by atoms with Crippen LogP contribution in [0.5, 0.6) is 5.75 Å². The highest BCUT2D eigenvalue weighted by atomic mass is 32.1. The second-order valence-electron chi connectivity index (χ2n) is 6.35. The van der Waals surface area contributed by atoms with Gasteiger partial charge in [-0.2, -0.15) is 0 Å². The van der Waals surface area contributed by atoms with Gasteiger partial charge in [0.05, 0.1) is 18.8 Å². The van der Waals surface area contributed by atoms with Crippen molar-refractivity contribution in [1.29, 1.82) is 0 Å². The fourth-order valence-corrected chi connectivity index (χ4v) is 3.50. The highest BCUT2D eigenvalue weighted by molar-refractivity contribution is 7.80. The van der Waals surface area contributed by atoms with Gasteiger partial charge in [0, 0.05) is 18.7 Å². The van der Waals surface area contributed by atoms with E-state index in [1.165, 1.54) is 0 Å². The molecule has 0 atom stereocenters. The number of fused-ring (bicyclic) bond motifs is 1. The lowest BCUT2D eigenvalue weighted by molar-refractivity contribution is 0.0692. The molecule has 0 aromatic heterocycles. The smallest absolute Gasteiger partial charge is 0.344 e. The minimum absolute atomic E-state index is 0.365. The van der Waals surface area contributed by atoms with Crippen LogP contribution in [0.25, 0.3) is 10.8 Å². The summed E-state index contributed by atoms with van der Waals surface area (Å²) < 4.78 is 10.9. The van der Waals surface area contributed by atoms with E-state index < -0.39 is 0 Å². The maximum atomic E-state index is 12.6. The fraction of sp³-hybridized carbons (Fsp3) is 0.182. The minimum atomic E-state index is -0.365. The summed E-state index contributed by atoms with van der Waals surface area (Å²) in [5, 5.41) is 1.90. The number of hydrogen-bond acceptors (Lipinski definition) is 4. The summed E-state index contributed by atoms with van der Waals surface area (Å²) in [6.45, 7) is 3.00. The number of rotatable bonds is 3. The van der Waals surface area contributed by atoms with E-state index in [9.17, 15) is 4.79 Å². The van der Waals surface area contributed by atoms with E-state index in [4.69, 9.17) is 21.7 Å². The Balaban J connectivity index is 1.49. The van der Waals surface area contributed by atoms with Crippen molar-refractivity contribution in [2.75, 3.05) is 26.3 Å². The average molecular weight is 377 g/mol. The lowest BCUT2D eigenvalue weighted by Crippen LogP contribution is -2.40. The number of carbonyl (C=O) groups is 1. The number of hydrogen-bond donors (Lipinski definition) is 0. The Hall–Kier alpha value is -2.76. The molecule has 1 fully saturated rings. The molecular formula is C22H19NO3S. The van der Waals surface area contributed by atoms with Crippen LogP contribution < -0.4 is 4.74 Å². The molecule has 0 bridgehead atoms. The Morgan fingerprint density at radius 2 is 1.63 bits per heavy atom. The molecule has 1 saturated heterocycles. The van der Waals surface area contributed by atoms with Gasteiger partial charge in [-0.3, -0.25) is 0 Å². The lowest BCUT2D eigenvalue weighted by Gasteiger charge is -2.29. The largest absolute Gasteiger partial charge is 0.423 e. The third-order valence-electron chi connectivity index (χ3n) is 4.62. The van der Waals surface area contributed by atoms with Crippen molar-refractivity contribution in [2.45, 2.75) is 0 Å². The third kappa shape index (κ3) is 3.84. The number of ether oxygens (including phenoxy) is 2. The van der Waals surface area contributed by atoms with E-state index in [1.54, 1.807) is 18.2 Å². The van der Waals surface area contributed by atoms with E-state index >= 15 is 0 Å². The summed E-state index contributed by atoms with van der Waals surface area (Å²) in [7, 11) is 0. The van der Waals surface area contributed by atoms with Gasteiger partial charge in [-0.05, 0) is 41.1 Å². The molecule has 136 valence electrons. The van der Waals surface area contributed by atoms with Crippen LogP contribution in [-0.4, -0.2) is 42.2 Å². The van der Waals surface area contributed by atoms with Crippen molar-refractivity contribution in [3.05, 3.63) is 77.9 Å². The Labute approximate surface area is 163 Å². The van der Waals surface area contributed by atoms with E-state index in [1.807, 2.05) is 48.5 Å². The van der Waals surface area contributed by atoms with Crippen LogP contribution in [0.2, 0.25) is 0 Å². The monoisotopic (exact) mass is 377 g/mol. The number of benzene rings is 3. The van der Waals surface area contributed by atoms with Crippen molar-refractivity contribution in [3.63, 3.8) is 0 Å². The normalized spacial score (nSPS) is 14.1. The molecule has 1 aliphatic rings. The van der Waals surface area contributed by atoms with Gasteiger partial charge in [-0.25, -0.2) is 4.79 Å². The van der Waals surface area contributed by atoms with E-state index in [0.29, 0.717) is 24.5 Å². The molecule has 27 heavy (non-hydrogen) atoms. The second kappa shape index (κ2) is 7.86. The topological polar surface area (TPSA) is 38.8 Å². The molecule has 0 aliphatic carbocycles. The van der Waals surface area contributed by atoms with Crippen molar-refractivity contribution in [1.82, 2.24) is 4.90 Å². The lowest BCUT2D eigenvalue weighted by atomic mass is 10.0. The number of thiocarbonyl (C=S) groups is 1. The van der Waals surface area contributed by atoms with Crippen molar-refractivity contribution in [2.24, 2.45) is 0 Å². The minimum Gasteiger partial charge on any atom is -0.423 e. The van der Waals surface area contributed by atoms with Crippen molar-refractivity contribution < 1.29 is 14.3 Å². The van der Waals surface area contributed by atoms with Gasteiger partial charge in [0.15, 0.2) is 0 Å². The molecule has 1 heterocycles. The predicted octanol–water partition coefficient (Wildman–Crippen LogP) is 4.07. The quantitative estimate of drug-likeness (QED) is 0.391. The molecule has 4 rings (SSSR count). The summed E-state index contributed by atoms with van der Waals surface area (Å²) in [5.41, 5.74) is 1.50. The van der Waals surface area contributed by atoms with Gasteiger partial charge in [-0.15, -0.1) is 0 Å². The predicted molar refractivity (Wildman–Crippen MR) is 109 cm³/mol. The Kier molecular flexibility index (Phi) is 5.14. The molecule has 0 saturated carbocycles. The first-order valence-corrected chi connectivity index (χ1v) is 9.30. The number of nitrogens with zero attached hydrogens (tertiary/aromatic N) is 1. The van der Waals surface area contributed by atoms with Gasteiger partial charge < -0.3 is 14.4 Å². The first kappa shape index (κ1) is 17.6. The Bertz CT molecular complexity index is 973. The van der Waals surface area contributed by atoms with E-state index in [-0.39, 0.29) is 5.97 Å². The average Bonchev–Trinajstić information content (AvgIpc) is 2.74. The zero-order valence-corrected chi connectivity index (χ0v) is 15.6. The summed E-state index contributed by atoms with van der Waals surface area (Å²) in [5.74, 6) is 0.136. The van der Waals surface area contributed by atoms with Crippen LogP contribution in [0, 0.1) is 0 Å². The summed E-state index contributed by atoms with van der Waals surface area (Å²) in [4.78, 5) is 15.6. The SMILES string of the molecule is O=C(Oc1ccc(C(=S)N2CCOCC2)cc1)c1cccc2ccccc12. The van der Waals surface area contributed by atoms with Crippen LogP contribution in [0.3, 0.4) is 0 Å². The Morgan fingerprint density at radius 1 is 0.926 bits per heavy atom. The van der Waals surface area contributed by atoms with Gasteiger partial charge in [-0.1, -0.05) is 48.6 Å². The summed E-state index contributed by atoms with van der Waals surface area (Å²) >= 11 is 5.56. The molecule has 0 spiro atoms. The van der Waals surface area contributed by atoms with E-state index in [0.717, 1.165) is 34.4 Å². The molecule has 3 aromatic rings. The van der Waals surface area contributed by atoms with Crippen LogP contribution in [0.15, 0.2) is 66.7 Å². The standard InChI is InChI=1S/C22H19NO3S/c24-22(20-7-3-5-16-4-1-2-6-19(16)20)26-18-10-8-17(9-11-18)21(27)23-12-14-25-15-13-23/h1-11H,12-15H2. The molecule has 0 amide bonds. The highest BCUT2D eigenvalue weighted by Crippen LogP contribution is 2.21. The zero-order valence-electron chi connectivity index (χ0n) is 14.8. The molecule has 3 aromatic carbocycles. The summed E-state index contributed by atoms with van der Waals surface area (Å²) in [6.07, 6.45) is 0. The first-order chi connectivity index (χ1) is 13.2. The maximum Gasteiger partial charge on any atom is 0.344 e. The Morgan fingerprint density at radius 3 is 2.41 bits per heavy atom. The van der Waals surface area contributed by atoms with E-state index in [2.05, 4.69) is 4.90 Å². The molecule has 1 aliphatic heterocycles. The van der Waals surface area contributed by atoms with Gasteiger partial charge >= 0.3 is 5.97 Å². The summed E-state index contributed by atoms with van der Waals surface area (Å²) in [6, 6.07) is 20.8. The third-order valence-corrected chi connectivity index (χ3v) is 5.11. The van der Waals surface area contributed by atoms with Crippen LogP contribution >= 0.6 is 12.2 Å². The first-order valence-electron chi connectivity index (χ1n) is 8.89. The van der Waals surface area contributed by atoms with Gasteiger partial charge in [0.25, 0.3) is 0 Å². The van der Waals surface area contributed by atoms with Crippen LogP contribution in [0.1, 0.15) is 15.9 Å². The molecule has 4 nitrogen and oxygen atoms in total. The van der Waals surface area contributed by atoms with Gasteiger partial charge in [0.1, 0.15) is 10.7 Å². The molecule has 0 radical (unpaired) electrons.